The summed E-state index contributed by atoms with van der Waals surface area (Å²) in [5.41, 5.74) is 0.0504. The Morgan fingerprint density at radius 3 is 2.11 bits per heavy atom. The van der Waals surface area contributed by atoms with Gasteiger partial charge in [0.15, 0.2) is 29.7 Å². The van der Waals surface area contributed by atoms with Crippen LogP contribution in [0.5, 0.6) is 17.2 Å². The molecule has 0 bridgehead atoms. The van der Waals surface area contributed by atoms with Crippen LogP contribution in [0.15, 0.2) is 30.3 Å². The molecule has 2 rings (SSSR count). The van der Waals surface area contributed by atoms with Crippen molar-refractivity contribution in [2.24, 2.45) is 0 Å². The van der Waals surface area contributed by atoms with Gasteiger partial charge >= 0.3 is 5.97 Å². The Balaban J connectivity index is 2.06. The van der Waals surface area contributed by atoms with E-state index in [1.807, 2.05) is 0 Å². The first-order chi connectivity index (χ1) is 12.9. The lowest BCUT2D eigenvalue weighted by molar-refractivity contribution is -0.119. The topological polar surface area (TPSA) is 83.1 Å². The molecule has 2 aromatic carbocycles. The van der Waals surface area contributed by atoms with Crippen LogP contribution >= 0.6 is 0 Å². The molecule has 2 aromatic rings. The number of benzene rings is 2. The molecule has 0 fully saturated rings. The summed E-state index contributed by atoms with van der Waals surface area (Å²) >= 11 is 0. The summed E-state index contributed by atoms with van der Waals surface area (Å²) in [5, 5.41) is 2.29. The van der Waals surface area contributed by atoms with Gasteiger partial charge in [-0.05, 0) is 12.1 Å². The molecule has 0 heterocycles. The minimum atomic E-state index is -1.11. The van der Waals surface area contributed by atoms with Crippen molar-refractivity contribution in [3.8, 4) is 17.2 Å². The fourth-order valence-electron chi connectivity index (χ4n) is 2.17. The number of anilines is 1. The molecule has 1 N–H and O–H groups in total. The average Bonchev–Trinajstić information content (AvgIpc) is 2.67. The van der Waals surface area contributed by atoms with Crippen LogP contribution in [0.3, 0.4) is 0 Å². The van der Waals surface area contributed by atoms with E-state index in [1.165, 1.54) is 39.5 Å². The molecule has 0 aromatic heterocycles. The molecule has 0 spiro atoms. The third kappa shape index (κ3) is 4.84. The van der Waals surface area contributed by atoms with Gasteiger partial charge in [0.25, 0.3) is 5.91 Å². The van der Waals surface area contributed by atoms with Gasteiger partial charge in [-0.25, -0.2) is 13.6 Å². The fourth-order valence-corrected chi connectivity index (χ4v) is 2.17. The van der Waals surface area contributed by atoms with Crippen molar-refractivity contribution in [1.29, 1.82) is 0 Å². The molecule has 144 valence electrons. The first-order valence-electron chi connectivity index (χ1n) is 7.61. The number of carbonyl (C=O) groups is 2. The molecule has 0 atom stereocenters. The largest absolute Gasteiger partial charge is 0.496 e. The summed E-state index contributed by atoms with van der Waals surface area (Å²) in [7, 11) is 4.18. The van der Waals surface area contributed by atoms with Gasteiger partial charge in [0.1, 0.15) is 11.3 Å². The normalized spacial score (nSPS) is 10.1. The number of nitrogens with one attached hydrogen (secondary N) is 1. The Morgan fingerprint density at radius 1 is 0.889 bits per heavy atom. The zero-order valence-corrected chi connectivity index (χ0v) is 14.8. The highest BCUT2D eigenvalue weighted by Crippen LogP contribution is 2.34. The van der Waals surface area contributed by atoms with E-state index < -0.39 is 30.1 Å². The van der Waals surface area contributed by atoms with Crippen LogP contribution in [-0.4, -0.2) is 39.8 Å². The molecular weight excluding hydrogens is 364 g/mol. The zero-order chi connectivity index (χ0) is 20.0. The Labute approximate surface area is 153 Å². The van der Waals surface area contributed by atoms with Gasteiger partial charge in [-0.1, -0.05) is 0 Å². The van der Waals surface area contributed by atoms with E-state index in [4.69, 9.17) is 18.9 Å². The number of amides is 1. The zero-order valence-electron chi connectivity index (χ0n) is 14.8. The Hall–Kier alpha value is -3.36. The van der Waals surface area contributed by atoms with Crippen LogP contribution in [0.2, 0.25) is 0 Å². The lowest BCUT2D eigenvalue weighted by atomic mass is 10.1. The van der Waals surface area contributed by atoms with E-state index >= 15 is 0 Å². The number of carbonyl (C=O) groups excluding carboxylic acids is 2. The maximum atomic E-state index is 13.1. The van der Waals surface area contributed by atoms with Crippen LogP contribution in [-0.2, 0) is 9.53 Å². The van der Waals surface area contributed by atoms with Gasteiger partial charge < -0.3 is 24.3 Å². The molecule has 9 heteroatoms. The monoisotopic (exact) mass is 381 g/mol. The molecule has 27 heavy (non-hydrogen) atoms. The summed E-state index contributed by atoms with van der Waals surface area (Å²) in [6.07, 6.45) is 0. The van der Waals surface area contributed by atoms with Crippen molar-refractivity contribution in [3.05, 3.63) is 47.5 Å². The second-order valence-corrected chi connectivity index (χ2v) is 5.16. The molecule has 0 unspecified atom stereocenters. The highest BCUT2D eigenvalue weighted by Gasteiger charge is 2.20. The smallest absolute Gasteiger partial charge is 0.342 e. The molecule has 0 aliphatic rings. The number of hydrogen-bond acceptors (Lipinski definition) is 6. The summed E-state index contributed by atoms with van der Waals surface area (Å²) in [6.45, 7) is -0.644. The van der Waals surface area contributed by atoms with Gasteiger partial charge in [-0.3, -0.25) is 4.79 Å². The van der Waals surface area contributed by atoms with Gasteiger partial charge in [0.05, 0.1) is 21.3 Å². The third-order valence-corrected chi connectivity index (χ3v) is 3.46. The summed E-state index contributed by atoms with van der Waals surface area (Å²) in [5.74, 6) is -2.93. The summed E-state index contributed by atoms with van der Waals surface area (Å²) in [6, 6.07) is 5.65. The number of hydrogen-bond donors (Lipinski definition) is 1. The quantitative estimate of drug-likeness (QED) is 0.743. The summed E-state index contributed by atoms with van der Waals surface area (Å²) in [4.78, 5) is 24.1. The minimum Gasteiger partial charge on any atom is -0.496 e. The van der Waals surface area contributed by atoms with E-state index in [0.717, 1.165) is 12.1 Å². The second-order valence-electron chi connectivity index (χ2n) is 5.16. The second kappa shape index (κ2) is 8.84. The SMILES string of the molecule is COc1cc(OC)c(C(=O)OCC(=O)Nc2ccc(F)c(F)c2)cc1OC. The number of ether oxygens (including phenoxy) is 4. The third-order valence-electron chi connectivity index (χ3n) is 3.46. The lowest BCUT2D eigenvalue weighted by Gasteiger charge is -2.13. The van der Waals surface area contributed by atoms with Crippen LogP contribution in [0.1, 0.15) is 10.4 Å². The van der Waals surface area contributed by atoms with Crippen molar-refractivity contribution in [1.82, 2.24) is 0 Å². The van der Waals surface area contributed by atoms with Crippen molar-refractivity contribution < 1.29 is 37.3 Å². The molecule has 0 aliphatic heterocycles. The van der Waals surface area contributed by atoms with Gasteiger partial charge in [0.2, 0.25) is 0 Å². The Morgan fingerprint density at radius 2 is 1.52 bits per heavy atom. The van der Waals surface area contributed by atoms with E-state index in [1.54, 1.807) is 0 Å². The van der Waals surface area contributed by atoms with E-state index in [2.05, 4.69) is 5.32 Å². The number of methoxy groups -OCH3 is 3. The lowest BCUT2D eigenvalue weighted by Crippen LogP contribution is -2.21. The predicted octanol–water partition coefficient (Wildman–Crippen LogP) is 2.79. The molecule has 0 saturated carbocycles. The minimum absolute atomic E-state index is 0.0239. The predicted molar refractivity (Wildman–Crippen MR) is 91.4 cm³/mol. The van der Waals surface area contributed by atoms with Gasteiger partial charge in [0, 0.05) is 23.9 Å². The molecule has 7 nitrogen and oxygen atoms in total. The number of rotatable bonds is 7. The Kier molecular flexibility index (Phi) is 6.53. The van der Waals surface area contributed by atoms with Gasteiger partial charge in [-0.15, -0.1) is 0 Å². The van der Waals surface area contributed by atoms with Crippen molar-refractivity contribution in [2.75, 3.05) is 33.3 Å². The van der Waals surface area contributed by atoms with Crippen LogP contribution in [0, 0.1) is 11.6 Å². The maximum absolute atomic E-state index is 13.1. The first-order valence-corrected chi connectivity index (χ1v) is 7.61. The molecular formula is C18H17F2NO6. The van der Waals surface area contributed by atoms with Crippen molar-refractivity contribution >= 4 is 17.6 Å². The van der Waals surface area contributed by atoms with Crippen LogP contribution in [0.25, 0.3) is 0 Å². The molecule has 1 amide bonds. The highest BCUT2D eigenvalue weighted by molar-refractivity contribution is 5.97. The summed E-state index contributed by atoms with van der Waals surface area (Å²) < 4.78 is 46.3. The average molecular weight is 381 g/mol. The first kappa shape index (κ1) is 20.0. The highest BCUT2D eigenvalue weighted by atomic mass is 19.2. The maximum Gasteiger partial charge on any atom is 0.342 e. The molecule has 0 radical (unpaired) electrons. The fraction of sp³-hybridized carbons (Fsp3) is 0.222. The van der Waals surface area contributed by atoms with Crippen LogP contribution < -0.4 is 19.5 Å². The molecule has 0 saturated heterocycles. The number of halogens is 2. The Bertz CT molecular complexity index is 856. The van der Waals surface area contributed by atoms with Crippen molar-refractivity contribution in [2.45, 2.75) is 0 Å². The van der Waals surface area contributed by atoms with Crippen molar-refractivity contribution in [3.63, 3.8) is 0 Å². The number of esters is 1. The van der Waals surface area contributed by atoms with E-state index in [9.17, 15) is 18.4 Å². The standard InChI is InChI=1S/C18H17F2NO6/c1-24-14-8-16(26-3)15(25-2)7-11(14)18(23)27-9-17(22)21-10-4-5-12(19)13(20)6-10/h4-8H,9H2,1-3H3,(H,21,22). The van der Waals surface area contributed by atoms with Crippen LogP contribution in [0.4, 0.5) is 14.5 Å². The molecule has 0 aliphatic carbocycles. The van der Waals surface area contributed by atoms with Gasteiger partial charge in [-0.2, -0.15) is 0 Å². The van der Waals surface area contributed by atoms with E-state index in [-0.39, 0.29) is 22.7 Å². The van der Waals surface area contributed by atoms with E-state index in [0.29, 0.717) is 5.75 Å².